The Morgan fingerprint density at radius 1 is 1.41 bits per heavy atom. The van der Waals surface area contributed by atoms with Crippen molar-refractivity contribution < 1.29 is 14.7 Å². The fourth-order valence-corrected chi connectivity index (χ4v) is 3.89. The van der Waals surface area contributed by atoms with Crippen LogP contribution < -0.4 is 0 Å². The van der Waals surface area contributed by atoms with Gasteiger partial charge in [-0.3, -0.25) is 19.2 Å². The zero-order valence-electron chi connectivity index (χ0n) is 13.0. The summed E-state index contributed by atoms with van der Waals surface area (Å²) in [6.07, 6.45) is 5.42. The molecule has 1 spiro atoms. The average molecular weight is 306 g/mol. The van der Waals surface area contributed by atoms with Gasteiger partial charge in [-0.1, -0.05) is 0 Å². The van der Waals surface area contributed by atoms with Crippen LogP contribution in [-0.2, 0) is 23.2 Å². The summed E-state index contributed by atoms with van der Waals surface area (Å²) < 4.78 is 1.78. The van der Waals surface area contributed by atoms with Gasteiger partial charge in [0.15, 0.2) is 0 Å². The Morgan fingerprint density at radius 3 is 2.64 bits per heavy atom. The van der Waals surface area contributed by atoms with Crippen molar-refractivity contribution in [1.82, 2.24) is 19.6 Å². The number of hydrogen-bond acceptors (Lipinski definition) is 4. The molecule has 1 aromatic rings. The van der Waals surface area contributed by atoms with E-state index in [1.165, 1.54) is 0 Å². The molecule has 120 valence electrons. The SMILES string of the molecule is CN1C(=O)CC(C(=O)O)C12CCN(Cc1cnn(C)c1)CC2. The molecule has 3 rings (SSSR count). The van der Waals surface area contributed by atoms with Crippen molar-refractivity contribution in [2.45, 2.75) is 31.3 Å². The Labute approximate surface area is 129 Å². The third-order valence-electron chi connectivity index (χ3n) is 5.25. The fourth-order valence-electron chi connectivity index (χ4n) is 3.89. The van der Waals surface area contributed by atoms with Gasteiger partial charge in [0.1, 0.15) is 0 Å². The summed E-state index contributed by atoms with van der Waals surface area (Å²) in [5.41, 5.74) is 0.651. The van der Waals surface area contributed by atoms with Gasteiger partial charge in [0.2, 0.25) is 5.91 Å². The molecule has 2 fully saturated rings. The zero-order valence-corrected chi connectivity index (χ0v) is 13.0. The molecule has 7 nitrogen and oxygen atoms in total. The number of carbonyl (C=O) groups is 2. The molecule has 3 heterocycles. The lowest BCUT2D eigenvalue weighted by Crippen LogP contribution is -2.55. The quantitative estimate of drug-likeness (QED) is 0.870. The molecule has 1 unspecified atom stereocenters. The molecular formula is C15H22N4O3. The standard InChI is InChI=1S/C15H22N4O3/c1-17-9-11(8-16-17)10-19-5-3-15(4-6-19)12(14(21)22)7-13(20)18(15)2/h8-9,12H,3-7,10H2,1-2H3,(H,21,22). The molecule has 0 aliphatic carbocycles. The number of nitrogens with zero attached hydrogens (tertiary/aromatic N) is 4. The molecule has 22 heavy (non-hydrogen) atoms. The molecule has 0 bridgehead atoms. The molecule has 1 aromatic heterocycles. The second kappa shape index (κ2) is 5.39. The number of carboxylic acids is 1. The van der Waals surface area contributed by atoms with Crippen molar-refractivity contribution in [1.29, 1.82) is 0 Å². The molecule has 7 heteroatoms. The van der Waals surface area contributed by atoms with Crippen LogP contribution in [0.2, 0.25) is 0 Å². The van der Waals surface area contributed by atoms with Crippen molar-refractivity contribution in [3.63, 3.8) is 0 Å². The number of amides is 1. The molecule has 2 saturated heterocycles. The Kier molecular flexibility index (Phi) is 3.68. The number of carboxylic acid groups (broad SMARTS) is 1. The predicted molar refractivity (Wildman–Crippen MR) is 79.0 cm³/mol. The van der Waals surface area contributed by atoms with E-state index in [0.29, 0.717) is 12.8 Å². The maximum atomic E-state index is 12.0. The minimum Gasteiger partial charge on any atom is -0.481 e. The van der Waals surface area contributed by atoms with Crippen LogP contribution in [0, 0.1) is 5.92 Å². The van der Waals surface area contributed by atoms with Gasteiger partial charge in [0.05, 0.1) is 17.7 Å². The lowest BCUT2D eigenvalue weighted by molar-refractivity contribution is -0.146. The van der Waals surface area contributed by atoms with Crippen molar-refractivity contribution in [2.24, 2.45) is 13.0 Å². The minimum absolute atomic E-state index is 0.0480. The van der Waals surface area contributed by atoms with Crippen molar-refractivity contribution in [3.05, 3.63) is 18.0 Å². The van der Waals surface area contributed by atoms with Crippen molar-refractivity contribution in [2.75, 3.05) is 20.1 Å². The number of hydrogen-bond donors (Lipinski definition) is 1. The highest BCUT2D eigenvalue weighted by molar-refractivity contribution is 5.88. The smallest absolute Gasteiger partial charge is 0.309 e. The number of likely N-dealkylation sites (tertiary alicyclic amines) is 2. The third kappa shape index (κ3) is 2.39. The Morgan fingerprint density at radius 2 is 2.09 bits per heavy atom. The van der Waals surface area contributed by atoms with Crippen LogP contribution >= 0.6 is 0 Å². The molecule has 1 N–H and O–H groups in total. The summed E-state index contributed by atoms with van der Waals surface area (Å²) >= 11 is 0. The predicted octanol–water partition coefficient (Wildman–Crippen LogP) is 0.318. The van der Waals surface area contributed by atoms with Crippen LogP contribution in [0.5, 0.6) is 0 Å². The average Bonchev–Trinajstić information content (AvgIpc) is 2.99. The van der Waals surface area contributed by atoms with Gasteiger partial charge in [-0.15, -0.1) is 0 Å². The van der Waals surface area contributed by atoms with Gasteiger partial charge >= 0.3 is 5.97 Å². The molecule has 0 saturated carbocycles. The molecule has 1 atom stereocenters. The zero-order chi connectivity index (χ0) is 15.9. The number of aromatic nitrogens is 2. The lowest BCUT2D eigenvalue weighted by atomic mass is 9.77. The van der Waals surface area contributed by atoms with E-state index in [1.54, 1.807) is 16.6 Å². The van der Waals surface area contributed by atoms with Crippen LogP contribution in [0.25, 0.3) is 0 Å². The molecule has 0 radical (unpaired) electrons. The summed E-state index contributed by atoms with van der Waals surface area (Å²) in [5, 5.41) is 13.6. The van der Waals surface area contributed by atoms with Gasteiger partial charge in [0, 0.05) is 51.9 Å². The van der Waals surface area contributed by atoms with Gasteiger partial charge in [-0.2, -0.15) is 5.10 Å². The number of aryl methyl sites for hydroxylation is 1. The van der Waals surface area contributed by atoms with E-state index in [-0.39, 0.29) is 12.3 Å². The van der Waals surface area contributed by atoms with Crippen LogP contribution in [-0.4, -0.2) is 62.2 Å². The second-order valence-corrected chi connectivity index (χ2v) is 6.45. The van der Waals surface area contributed by atoms with Gasteiger partial charge in [-0.25, -0.2) is 0 Å². The summed E-state index contributed by atoms with van der Waals surface area (Å²) in [7, 11) is 3.65. The van der Waals surface area contributed by atoms with Gasteiger partial charge in [-0.05, 0) is 12.8 Å². The van der Waals surface area contributed by atoms with Gasteiger partial charge < -0.3 is 10.0 Å². The Hall–Kier alpha value is -1.89. The Balaban J connectivity index is 1.69. The number of piperidine rings is 1. The summed E-state index contributed by atoms with van der Waals surface area (Å²) in [4.78, 5) is 27.5. The number of carbonyl (C=O) groups excluding carboxylic acids is 1. The summed E-state index contributed by atoms with van der Waals surface area (Å²) in [6, 6.07) is 0. The molecular weight excluding hydrogens is 284 g/mol. The Bertz CT molecular complexity index is 589. The molecule has 0 aromatic carbocycles. The highest BCUT2D eigenvalue weighted by atomic mass is 16.4. The number of rotatable bonds is 3. The highest BCUT2D eigenvalue weighted by Crippen LogP contribution is 2.42. The molecule has 2 aliphatic heterocycles. The van der Waals surface area contributed by atoms with E-state index in [2.05, 4.69) is 10.00 Å². The first-order valence-corrected chi connectivity index (χ1v) is 7.62. The van der Waals surface area contributed by atoms with E-state index in [0.717, 1.165) is 25.2 Å². The third-order valence-corrected chi connectivity index (χ3v) is 5.25. The second-order valence-electron chi connectivity index (χ2n) is 6.45. The summed E-state index contributed by atoms with van der Waals surface area (Å²) in [5.74, 6) is -1.47. The normalized spacial score (nSPS) is 25.1. The van der Waals surface area contributed by atoms with Crippen molar-refractivity contribution >= 4 is 11.9 Å². The van der Waals surface area contributed by atoms with E-state index in [9.17, 15) is 14.7 Å². The minimum atomic E-state index is -0.849. The molecule has 2 aliphatic rings. The van der Waals surface area contributed by atoms with E-state index in [1.807, 2.05) is 19.4 Å². The van der Waals surface area contributed by atoms with Crippen LogP contribution in [0.1, 0.15) is 24.8 Å². The first kappa shape index (κ1) is 15.0. The van der Waals surface area contributed by atoms with Gasteiger partial charge in [0.25, 0.3) is 0 Å². The fraction of sp³-hybridized carbons (Fsp3) is 0.667. The monoisotopic (exact) mass is 306 g/mol. The topological polar surface area (TPSA) is 78.7 Å². The van der Waals surface area contributed by atoms with Crippen molar-refractivity contribution in [3.8, 4) is 0 Å². The first-order valence-electron chi connectivity index (χ1n) is 7.62. The maximum absolute atomic E-state index is 12.0. The van der Waals surface area contributed by atoms with E-state index >= 15 is 0 Å². The summed E-state index contributed by atoms with van der Waals surface area (Å²) in [6.45, 7) is 2.42. The largest absolute Gasteiger partial charge is 0.481 e. The first-order chi connectivity index (χ1) is 10.4. The molecule has 1 amide bonds. The van der Waals surface area contributed by atoms with Crippen LogP contribution in [0.3, 0.4) is 0 Å². The number of aliphatic carboxylic acids is 1. The highest BCUT2D eigenvalue weighted by Gasteiger charge is 2.55. The van der Waals surface area contributed by atoms with Crippen LogP contribution in [0.4, 0.5) is 0 Å². The van der Waals surface area contributed by atoms with E-state index < -0.39 is 17.4 Å². The van der Waals surface area contributed by atoms with E-state index in [4.69, 9.17) is 0 Å². The van der Waals surface area contributed by atoms with Crippen LogP contribution in [0.15, 0.2) is 12.4 Å². The maximum Gasteiger partial charge on any atom is 0.309 e. The lowest BCUT2D eigenvalue weighted by Gasteiger charge is -2.45.